The summed E-state index contributed by atoms with van der Waals surface area (Å²) in [5, 5.41) is 7.59. The third-order valence-corrected chi connectivity index (χ3v) is 5.68. The molecule has 3 rings (SSSR count). The number of hydrogen-bond acceptors (Lipinski definition) is 4. The van der Waals surface area contributed by atoms with Gasteiger partial charge in [0.25, 0.3) is 0 Å². The quantitative estimate of drug-likeness (QED) is 0.922. The SMILES string of the molecule is CC(c1nc(C2CCC(C(C)(C)C)CC2)no1)C1CNC1. The van der Waals surface area contributed by atoms with Crippen molar-refractivity contribution in [2.24, 2.45) is 17.3 Å². The van der Waals surface area contributed by atoms with Crippen LogP contribution >= 0.6 is 0 Å². The molecule has 1 saturated heterocycles. The van der Waals surface area contributed by atoms with Crippen molar-refractivity contribution in [1.29, 1.82) is 0 Å². The van der Waals surface area contributed by atoms with Gasteiger partial charge in [0.2, 0.25) is 5.89 Å². The topological polar surface area (TPSA) is 51.0 Å². The van der Waals surface area contributed by atoms with Gasteiger partial charge >= 0.3 is 0 Å². The maximum atomic E-state index is 5.54. The van der Waals surface area contributed by atoms with Crippen LogP contribution in [0.5, 0.6) is 0 Å². The molecular formula is C17H29N3O. The van der Waals surface area contributed by atoms with E-state index < -0.39 is 0 Å². The Morgan fingerprint density at radius 1 is 1.14 bits per heavy atom. The van der Waals surface area contributed by atoms with Crippen LogP contribution in [0.25, 0.3) is 0 Å². The van der Waals surface area contributed by atoms with Crippen LogP contribution in [0.2, 0.25) is 0 Å². The summed E-state index contributed by atoms with van der Waals surface area (Å²) >= 11 is 0. The molecule has 0 spiro atoms. The Bertz CT molecular complexity index is 465. The summed E-state index contributed by atoms with van der Waals surface area (Å²) in [7, 11) is 0. The Kier molecular flexibility index (Phi) is 4.08. The first-order valence-corrected chi connectivity index (χ1v) is 8.49. The van der Waals surface area contributed by atoms with E-state index in [0.717, 1.165) is 30.7 Å². The van der Waals surface area contributed by atoms with E-state index in [9.17, 15) is 0 Å². The van der Waals surface area contributed by atoms with Gasteiger partial charge in [-0.2, -0.15) is 4.98 Å². The minimum absolute atomic E-state index is 0.387. The van der Waals surface area contributed by atoms with Gasteiger partial charge in [0.1, 0.15) is 0 Å². The van der Waals surface area contributed by atoms with Crippen LogP contribution < -0.4 is 5.32 Å². The summed E-state index contributed by atoms with van der Waals surface area (Å²) in [6, 6.07) is 0. The smallest absolute Gasteiger partial charge is 0.229 e. The lowest BCUT2D eigenvalue weighted by atomic mass is 9.70. The molecule has 1 aliphatic heterocycles. The van der Waals surface area contributed by atoms with E-state index in [1.54, 1.807) is 0 Å². The van der Waals surface area contributed by atoms with Gasteiger partial charge in [0.15, 0.2) is 5.82 Å². The molecule has 1 aromatic heterocycles. The molecule has 21 heavy (non-hydrogen) atoms. The molecule has 1 atom stereocenters. The lowest BCUT2D eigenvalue weighted by Crippen LogP contribution is -2.44. The number of nitrogens with zero attached hydrogens (tertiary/aromatic N) is 2. The Morgan fingerprint density at radius 2 is 1.81 bits per heavy atom. The van der Waals surface area contributed by atoms with E-state index in [1.165, 1.54) is 25.7 Å². The van der Waals surface area contributed by atoms with Crippen molar-refractivity contribution in [2.75, 3.05) is 13.1 Å². The van der Waals surface area contributed by atoms with E-state index >= 15 is 0 Å². The average Bonchev–Trinajstić information content (AvgIpc) is 2.85. The second-order valence-electron chi connectivity index (χ2n) is 8.11. The molecule has 1 aromatic rings. The maximum Gasteiger partial charge on any atom is 0.229 e. The van der Waals surface area contributed by atoms with Crippen LogP contribution in [0.1, 0.15) is 76.9 Å². The summed E-state index contributed by atoms with van der Waals surface area (Å²) < 4.78 is 5.54. The zero-order valence-electron chi connectivity index (χ0n) is 13.9. The Hall–Kier alpha value is -0.900. The highest BCUT2D eigenvalue weighted by Crippen LogP contribution is 2.42. The molecule has 1 saturated carbocycles. The van der Waals surface area contributed by atoms with E-state index in [2.05, 4.69) is 38.2 Å². The van der Waals surface area contributed by atoms with Crippen LogP contribution in [-0.4, -0.2) is 23.2 Å². The van der Waals surface area contributed by atoms with Gasteiger partial charge < -0.3 is 9.84 Å². The van der Waals surface area contributed by atoms with E-state index in [0.29, 0.717) is 23.2 Å². The van der Waals surface area contributed by atoms with Crippen molar-refractivity contribution in [1.82, 2.24) is 15.5 Å². The number of hydrogen-bond donors (Lipinski definition) is 1. The van der Waals surface area contributed by atoms with E-state index in [-0.39, 0.29) is 0 Å². The van der Waals surface area contributed by atoms with Crippen LogP contribution in [0.3, 0.4) is 0 Å². The first-order chi connectivity index (χ1) is 9.95. The molecule has 1 aliphatic carbocycles. The molecule has 4 heteroatoms. The van der Waals surface area contributed by atoms with Gasteiger partial charge in [0.05, 0.1) is 0 Å². The molecule has 2 heterocycles. The normalized spacial score (nSPS) is 29.1. The van der Waals surface area contributed by atoms with Crippen LogP contribution in [-0.2, 0) is 0 Å². The molecule has 0 amide bonds. The zero-order chi connectivity index (χ0) is 15.0. The number of aromatic nitrogens is 2. The lowest BCUT2D eigenvalue weighted by Gasteiger charge is -2.36. The van der Waals surface area contributed by atoms with Crippen molar-refractivity contribution >= 4 is 0 Å². The standard InChI is InChI=1S/C17H29N3O/c1-11(13-9-18-10-13)16-19-15(20-21-16)12-5-7-14(8-6-12)17(2,3)4/h11-14,18H,5-10H2,1-4H3. The highest BCUT2D eigenvalue weighted by molar-refractivity contribution is 5.03. The molecule has 0 radical (unpaired) electrons. The summed E-state index contributed by atoms with van der Waals surface area (Å²) in [6.07, 6.45) is 5.00. The van der Waals surface area contributed by atoms with Gasteiger partial charge in [-0.1, -0.05) is 32.9 Å². The predicted octanol–water partition coefficient (Wildman–Crippen LogP) is 3.71. The van der Waals surface area contributed by atoms with Crippen LogP contribution in [0.4, 0.5) is 0 Å². The highest BCUT2D eigenvalue weighted by Gasteiger charge is 2.33. The highest BCUT2D eigenvalue weighted by atomic mass is 16.5. The van der Waals surface area contributed by atoms with Crippen molar-refractivity contribution in [2.45, 2.75) is 65.2 Å². The van der Waals surface area contributed by atoms with Gasteiger partial charge in [-0.15, -0.1) is 0 Å². The van der Waals surface area contributed by atoms with Gasteiger partial charge in [-0.25, -0.2) is 0 Å². The number of nitrogens with one attached hydrogen (secondary N) is 1. The average molecular weight is 291 g/mol. The fourth-order valence-corrected chi connectivity index (χ4v) is 3.68. The second kappa shape index (κ2) is 5.71. The Morgan fingerprint density at radius 3 is 2.33 bits per heavy atom. The van der Waals surface area contributed by atoms with E-state index in [1.807, 2.05) is 0 Å². The van der Waals surface area contributed by atoms with Crippen molar-refractivity contribution in [3.8, 4) is 0 Å². The molecule has 2 aliphatic rings. The molecule has 118 valence electrons. The predicted molar refractivity (Wildman–Crippen MR) is 83.2 cm³/mol. The van der Waals surface area contributed by atoms with Gasteiger partial charge in [-0.3, -0.25) is 0 Å². The first kappa shape index (κ1) is 15.0. The second-order valence-corrected chi connectivity index (χ2v) is 8.11. The van der Waals surface area contributed by atoms with Gasteiger partial charge in [-0.05, 0) is 56.0 Å². The van der Waals surface area contributed by atoms with Crippen LogP contribution in [0.15, 0.2) is 4.52 Å². The monoisotopic (exact) mass is 291 g/mol. The molecule has 0 aromatic carbocycles. The third-order valence-electron chi connectivity index (χ3n) is 5.68. The number of rotatable bonds is 3. The summed E-state index contributed by atoms with van der Waals surface area (Å²) in [6.45, 7) is 11.4. The first-order valence-electron chi connectivity index (χ1n) is 8.49. The Labute approximate surface area is 128 Å². The molecule has 0 bridgehead atoms. The van der Waals surface area contributed by atoms with Gasteiger partial charge in [0, 0.05) is 11.8 Å². The molecule has 1 N–H and O–H groups in total. The Balaban J connectivity index is 1.60. The van der Waals surface area contributed by atoms with E-state index in [4.69, 9.17) is 9.51 Å². The lowest BCUT2D eigenvalue weighted by molar-refractivity contribution is 0.166. The third kappa shape index (κ3) is 3.15. The maximum absolute atomic E-state index is 5.54. The fourth-order valence-electron chi connectivity index (χ4n) is 3.68. The molecule has 1 unspecified atom stereocenters. The summed E-state index contributed by atoms with van der Waals surface area (Å²) in [4.78, 5) is 4.72. The largest absolute Gasteiger partial charge is 0.339 e. The summed E-state index contributed by atoms with van der Waals surface area (Å²) in [5.41, 5.74) is 0.430. The minimum atomic E-state index is 0.387. The summed E-state index contributed by atoms with van der Waals surface area (Å²) in [5.74, 6) is 4.19. The fraction of sp³-hybridized carbons (Fsp3) is 0.882. The van der Waals surface area contributed by atoms with Crippen molar-refractivity contribution in [3.05, 3.63) is 11.7 Å². The minimum Gasteiger partial charge on any atom is -0.339 e. The molecule has 4 nitrogen and oxygen atoms in total. The van der Waals surface area contributed by atoms with Crippen molar-refractivity contribution in [3.63, 3.8) is 0 Å². The zero-order valence-corrected chi connectivity index (χ0v) is 13.9. The van der Waals surface area contributed by atoms with Crippen LogP contribution in [0, 0.1) is 17.3 Å². The van der Waals surface area contributed by atoms with Crippen molar-refractivity contribution < 1.29 is 4.52 Å². The molecular weight excluding hydrogens is 262 g/mol. The molecule has 2 fully saturated rings.